The van der Waals surface area contributed by atoms with E-state index in [1.807, 2.05) is 0 Å². The fraction of sp³-hybridized carbons (Fsp3) is 0.792. The fourth-order valence-electron chi connectivity index (χ4n) is 6.49. The van der Waals surface area contributed by atoms with Crippen LogP contribution in [0.3, 0.4) is 0 Å². The summed E-state index contributed by atoms with van der Waals surface area (Å²) in [6.45, 7) is 3.79. The maximum atomic E-state index is 12.5. The van der Waals surface area contributed by atoms with Gasteiger partial charge in [0.05, 0.1) is 6.61 Å². The highest BCUT2D eigenvalue weighted by atomic mass is 31.2. The van der Waals surface area contributed by atoms with E-state index < -0.39 is 26.5 Å². The minimum absolute atomic E-state index is 0.230. The minimum atomic E-state index is -4.27. The zero-order chi connectivity index (χ0) is 41.8. The van der Waals surface area contributed by atoms with Crippen LogP contribution in [-0.2, 0) is 32.7 Å². The lowest BCUT2D eigenvalue weighted by Gasteiger charge is -2.19. The summed E-state index contributed by atoms with van der Waals surface area (Å²) in [5, 5.41) is 0. The molecule has 0 aliphatic carbocycles. The fourth-order valence-corrected chi connectivity index (χ4v) is 6.95. The van der Waals surface area contributed by atoms with Crippen molar-refractivity contribution < 1.29 is 37.6 Å². The van der Waals surface area contributed by atoms with Gasteiger partial charge in [-0.3, -0.25) is 18.6 Å². The van der Waals surface area contributed by atoms with Crippen LogP contribution in [0.5, 0.6) is 0 Å². The van der Waals surface area contributed by atoms with Crippen LogP contribution in [0.25, 0.3) is 0 Å². The van der Waals surface area contributed by atoms with Crippen molar-refractivity contribution in [2.24, 2.45) is 0 Å². The van der Waals surface area contributed by atoms with Crippen LogP contribution >= 0.6 is 7.82 Å². The third kappa shape index (κ3) is 43.4. The predicted octanol–water partition coefficient (Wildman–Crippen LogP) is 15.0. The first kappa shape index (κ1) is 55.0. The van der Waals surface area contributed by atoms with Gasteiger partial charge in [-0.05, 0) is 70.6 Å². The normalized spacial score (nSPS) is 13.7. The van der Waals surface area contributed by atoms with Crippen LogP contribution < -0.4 is 0 Å². The van der Waals surface area contributed by atoms with Crippen molar-refractivity contribution in [1.82, 2.24) is 0 Å². The molecule has 2 atom stereocenters. The minimum Gasteiger partial charge on any atom is -0.462 e. The molecular formula is C48H87O8P. The van der Waals surface area contributed by atoms with Crippen molar-refractivity contribution >= 4 is 19.8 Å². The lowest BCUT2D eigenvalue weighted by atomic mass is 10.1. The second-order valence-corrected chi connectivity index (χ2v) is 17.1. The summed E-state index contributed by atoms with van der Waals surface area (Å²) in [6, 6.07) is 0. The quantitative estimate of drug-likeness (QED) is 0.0280. The summed E-state index contributed by atoms with van der Waals surface area (Å²) in [6.07, 6.45) is 53.1. The molecule has 0 heterocycles. The number of esters is 2. The first-order chi connectivity index (χ1) is 27.8. The molecular weight excluding hydrogens is 735 g/mol. The first-order valence-electron chi connectivity index (χ1n) is 23.3. The van der Waals surface area contributed by atoms with Crippen molar-refractivity contribution in [3.05, 3.63) is 48.6 Å². The molecule has 0 radical (unpaired) electrons. The number of ether oxygens (including phenoxy) is 2. The van der Waals surface area contributed by atoms with E-state index in [1.165, 1.54) is 122 Å². The molecule has 0 rings (SSSR count). The molecule has 0 fully saturated rings. The molecule has 2 unspecified atom stereocenters. The Balaban J connectivity index is 3.95. The van der Waals surface area contributed by atoms with Gasteiger partial charge in [-0.25, -0.2) is 4.57 Å². The van der Waals surface area contributed by atoms with Crippen LogP contribution in [0.4, 0.5) is 0 Å². The van der Waals surface area contributed by atoms with Crippen LogP contribution in [-0.4, -0.2) is 43.3 Å². The van der Waals surface area contributed by atoms with Crippen molar-refractivity contribution in [2.75, 3.05) is 20.3 Å². The van der Waals surface area contributed by atoms with E-state index in [9.17, 15) is 19.0 Å². The Labute approximate surface area is 350 Å². The number of hydrogen-bond acceptors (Lipinski definition) is 7. The van der Waals surface area contributed by atoms with Crippen molar-refractivity contribution in [2.45, 2.75) is 225 Å². The summed E-state index contributed by atoms with van der Waals surface area (Å²) in [5.74, 6) is -0.814. The van der Waals surface area contributed by atoms with Gasteiger partial charge >= 0.3 is 19.8 Å². The molecule has 332 valence electrons. The molecule has 1 N–H and O–H groups in total. The number of carbonyl (C=O) groups is 2. The summed E-state index contributed by atoms with van der Waals surface area (Å²) >= 11 is 0. The van der Waals surface area contributed by atoms with Gasteiger partial charge in [0.15, 0.2) is 6.10 Å². The Hall–Kier alpha value is -1.99. The van der Waals surface area contributed by atoms with Crippen LogP contribution in [0, 0.1) is 0 Å². The Morgan fingerprint density at radius 1 is 0.509 bits per heavy atom. The average molecular weight is 823 g/mol. The number of phosphoric acid groups is 1. The van der Waals surface area contributed by atoms with Gasteiger partial charge in [-0.2, -0.15) is 0 Å². The Bertz CT molecular complexity index is 1070. The van der Waals surface area contributed by atoms with Crippen LogP contribution in [0.1, 0.15) is 219 Å². The summed E-state index contributed by atoms with van der Waals surface area (Å²) in [4.78, 5) is 34.6. The summed E-state index contributed by atoms with van der Waals surface area (Å²) in [7, 11) is -3.21. The van der Waals surface area contributed by atoms with Crippen molar-refractivity contribution in [3.8, 4) is 0 Å². The number of carbonyl (C=O) groups excluding carboxylic acids is 2. The van der Waals surface area contributed by atoms with Gasteiger partial charge in [-0.15, -0.1) is 0 Å². The zero-order valence-electron chi connectivity index (χ0n) is 37.0. The molecule has 8 nitrogen and oxygen atoms in total. The van der Waals surface area contributed by atoms with E-state index in [0.29, 0.717) is 6.42 Å². The van der Waals surface area contributed by atoms with Crippen molar-refractivity contribution in [1.29, 1.82) is 0 Å². The van der Waals surface area contributed by atoms with Gasteiger partial charge in [0.1, 0.15) is 6.61 Å². The molecule has 9 heteroatoms. The molecule has 0 aliphatic rings. The highest BCUT2D eigenvalue weighted by Crippen LogP contribution is 2.42. The molecule has 57 heavy (non-hydrogen) atoms. The summed E-state index contributed by atoms with van der Waals surface area (Å²) < 4.78 is 32.1. The first-order valence-corrected chi connectivity index (χ1v) is 24.8. The van der Waals surface area contributed by atoms with Gasteiger partial charge in [0.25, 0.3) is 0 Å². The van der Waals surface area contributed by atoms with E-state index >= 15 is 0 Å². The Kier molecular flexibility index (Phi) is 42.1. The molecule has 0 aromatic carbocycles. The van der Waals surface area contributed by atoms with Gasteiger partial charge < -0.3 is 14.4 Å². The van der Waals surface area contributed by atoms with E-state index in [4.69, 9.17) is 14.0 Å². The number of allylic oxidation sites excluding steroid dienone is 8. The second-order valence-electron chi connectivity index (χ2n) is 15.5. The lowest BCUT2D eigenvalue weighted by molar-refractivity contribution is -0.161. The van der Waals surface area contributed by atoms with E-state index in [1.54, 1.807) is 0 Å². The maximum Gasteiger partial charge on any atom is 0.472 e. The summed E-state index contributed by atoms with van der Waals surface area (Å²) in [5.41, 5.74) is 0. The van der Waals surface area contributed by atoms with Crippen LogP contribution in [0.15, 0.2) is 48.6 Å². The monoisotopic (exact) mass is 823 g/mol. The number of unbranched alkanes of at least 4 members (excludes halogenated alkanes) is 24. The van der Waals surface area contributed by atoms with E-state index in [0.717, 1.165) is 71.3 Å². The number of phosphoric ester groups is 1. The Morgan fingerprint density at radius 2 is 0.895 bits per heavy atom. The smallest absolute Gasteiger partial charge is 0.462 e. The lowest BCUT2D eigenvalue weighted by Crippen LogP contribution is -2.29. The third-order valence-electron chi connectivity index (χ3n) is 10.1. The van der Waals surface area contributed by atoms with Gasteiger partial charge in [0, 0.05) is 20.0 Å². The zero-order valence-corrected chi connectivity index (χ0v) is 37.9. The largest absolute Gasteiger partial charge is 0.472 e. The molecule has 0 saturated heterocycles. The molecule has 0 spiro atoms. The topological polar surface area (TPSA) is 108 Å². The molecule has 0 aliphatic heterocycles. The third-order valence-corrected chi connectivity index (χ3v) is 11.0. The van der Waals surface area contributed by atoms with Gasteiger partial charge in [0.2, 0.25) is 0 Å². The maximum absolute atomic E-state index is 12.5. The molecule has 0 aromatic heterocycles. The molecule has 0 amide bonds. The van der Waals surface area contributed by atoms with E-state index in [2.05, 4.69) is 67.0 Å². The van der Waals surface area contributed by atoms with Gasteiger partial charge in [-0.1, -0.05) is 184 Å². The SMILES string of the molecule is CC/C=C\C/C=C\C/C=C\CCCCCCCCCC(=O)OC(COC(=O)CCCCCCCCCCC/C=C\CCCCCCCCCC)COP(=O)(O)OC. The number of rotatable bonds is 43. The second kappa shape index (κ2) is 43.6. The average Bonchev–Trinajstić information content (AvgIpc) is 3.20. The number of hydrogen-bond donors (Lipinski definition) is 1. The molecule has 0 bridgehead atoms. The van der Waals surface area contributed by atoms with Crippen molar-refractivity contribution in [3.63, 3.8) is 0 Å². The van der Waals surface area contributed by atoms with E-state index in [-0.39, 0.29) is 25.4 Å². The molecule has 0 saturated carbocycles. The molecule has 0 aromatic rings. The van der Waals surface area contributed by atoms with Crippen LogP contribution in [0.2, 0.25) is 0 Å². The highest BCUT2D eigenvalue weighted by molar-refractivity contribution is 7.47. The highest BCUT2D eigenvalue weighted by Gasteiger charge is 2.24. The predicted molar refractivity (Wildman–Crippen MR) is 239 cm³/mol. The Morgan fingerprint density at radius 3 is 1.35 bits per heavy atom. The standard InChI is InChI=1S/C48H87O8P/c1-4-6-8-10-12-14-16-18-20-22-23-24-25-27-28-30-32-34-36-38-40-42-47(49)54-44-46(45-55-57(51,52)53-3)56-48(50)43-41-39-37-35-33-31-29-26-21-19-17-15-13-11-9-7-5-2/h7,9,13,15,19,21-23,46H,4-6,8,10-12,14,16-18,20,24-45H2,1-3H3,(H,51,52)/b9-7-,15-13-,21-19-,23-22-.